The van der Waals surface area contributed by atoms with Gasteiger partial charge in [-0.15, -0.1) is 0 Å². The molecule has 0 saturated carbocycles. The van der Waals surface area contributed by atoms with Gasteiger partial charge >= 0.3 is 0 Å². The van der Waals surface area contributed by atoms with Crippen molar-refractivity contribution in [3.8, 4) is 17.2 Å². The van der Waals surface area contributed by atoms with E-state index in [0.717, 1.165) is 12.0 Å². The second-order valence-electron chi connectivity index (χ2n) is 8.03. The Bertz CT molecular complexity index is 1490. The Hall–Kier alpha value is -4.31. The number of phenols is 1. The van der Waals surface area contributed by atoms with Gasteiger partial charge in [-0.05, 0) is 73.9 Å². The number of aryl methyl sites for hydroxylation is 3. The number of amides is 1. The number of aromatic hydroxyl groups is 1. The Labute approximate surface area is 205 Å². The largest absolute Gasteiger partial charge is 0.507 e. The molecule has 0 aliphatic carbocycles. The molecule has 1 aromatic heterocycles. The molecule has 4 aromatic rings. The third-order valence-corrected chi connectivity index (χ3v) is 5.75. The van der Waals surface area contributed by atoms with Crippen molar-refractivity contribution in [2.75, 3.05) is 5.32 Å². The van der Waals surface area contributed by atoms with Crippen LogP contribution >= 0.6 is 12.2 Å². The summed E-state index contributed by atoms with van der Waals surface area (Å²) >= 11 is 5.26. The zero-order valence-corrected chi connectivity index (χ0v) is 20.0. The van der Waals surface area contributed by atoms with Crippen molar-refractivity contribution in [3.05, 3.63) is 80.9 Å². The molecule has 1 heterocycles. The number of oxazole rings is 1. The van der Waals surface area contributed by atoms with E-state index in [2.05, 4.69) is 15.6 Å². The van der Waals surface area contributed by atoms with Gasteiger partial charge in [0.05, 0.1) is 10.5 Å². The molecule has 35 heavy (non-hydrogen) atoms. The number of fused-ring (bicyclic) bond motifs is 1. The number of nitro groups is 1. The van der Waals surface area contributed by atoms with Crippen molar-refractivity contribution >= 4 is 45.7 Å². The van der Waals surface area contributed by atoms with Gasteiger partial charge in [-0.25, -0.2) is 4.98 Å². The highest BCUT2D eigenvalue weighted by Crippen LogP contribution is 2.36. The van der Waals surface area contributed by atoms with Crippen molar-refractivity contribution in [3.63, 3.8) is 0 Å². The summed E-state index contributed by atoms with van der Waals surface area (Å²) in [4.78, 5) is 27.7. The molecule has 0 aliphatic rings. The molecular formula is C25H22N4O5S. The van der Waals surface area contributed by atoms with Crippen molar-refractivity contribution in [1.29, 1.82) is 0 Å². The van der Waals surface area contributed by atoms with Crippen molar-refractivity contribution in [2.24, 2.45) is 0 Å². The van der Waals surface area contributed by atoms with Gasteiger partial charge in [0.15, 0.2) is 10.7 Å². The SMILES string of the molecule is CCc1ccc2oc(-c3cc(NC(=S)NC(=O)c4ccc(C)c([N+](=O)[O-])c4)cc(C)c3O)nc2c1. The van der Waals surface area contributed by atoms with Crippen LogP contribution in [-0.4, -0.2) is 26.0 Å². The first-order valence-electron chi connectivity index (χ1n) is 10.8. The van der Waals surface area contributed by atoms with Gasteiger partial charge < -0.3 is 14.8 Å². The molecule has 0 bridgehead atoms. The molecule has 0 saturated heterocycles. The van der Waals surface area contributed by atoms with E-state index in [1.807, 2.05) is 25.1 Å². The van der Waals surface area contributed by atoms with Gasteiger partial charge in [0.25, 0.3) is 11.6 Å². The quantitative estimate of drug-likeness (QED) is 0.146. The topological polar surface area (TPSA) is 131 Å². The second kappa shape index (κ2) is 9.51. The average Bonchev–Trinajstić information content (AvgIpc) is 3.24. The zero-order chi connectivity index (χ0) is 25.3. The van der Waals surface area contributed by atoms with Gasteiger partial charge in [0.2, 0.25) is 5.89 Å². The molecule has 10 heteroatoms. The summed E-state index contributed by atoms with van der Waals surface area (Å²) in [7, 11) is 0. The number of thiocarbonyl (C=S) groups is 1. The molecule has 9 nitrogen and oxygen atoms in total. The van der Waals surface area contributed by atoms with Crippen LogP contribution < -0.4 is 10.6 Å². The number of phenolic OH excluding ortho intramolecular Hbond substituents is 1. The van der Waals surface area contributed by atoms with Crippen LogP contribution in [0.15, 0.2) is 52.9 Å². The summed E-state index contributed by atoms with van der Waals surface area (Å²) in [6, 6.07) is 13.2. The lowest BCUT2D eigenvalue weighted by molar-refractivity contribution is -0.385. The van der Waals surface area contributed by atoms with E-state index in [1.54, 1.807) is 26.0 Å². The summed E-state index contributed by atoms with van der Waals surface area (Å²) in [5.74, 6) is -0.328. The Morgan fingerprint density at radius 2 is 1.91 bits per heavy atom. The molecule has 1 amide bonds. The summed E-state index contributed by atoms with van der Waals surface area (Å²) in [6.07, 6.45) is 0.862. The summed E-state index contributed by atoms with van der Waals surface area (Å²) in [6.45, 7) is 5.36. The van der Waals surface area contributed by atoms with Crippen LogP contribution in [-0.2, 0) is 6.42 Å². The van der Waals surface area contributed by atoms with E-state index >= 15 is 0 Å². The first-order valence-corrected chi connectivity index (χ1v) is 11.2. The van der Waals surface area contributed by atoms with Crippen molar-refractivity contribution < 1.29 is 19.2 Å². The predicted octanol–water partition coefficient (Wildman–Crippen LogP) is 5.41. The first-order chi connectivity index (χ1) is 16.7. The minimum atomic E-state index is -0.591. The number of anilines is 1. The molecule has 4 rings (SSSR count). The molecule has 3 aromatic carbocycles. The van der Waals surface area contributed by atoms with Crippen LogP contribution in [0.5, 0.6) is 5.75 Å². The van der Waals surface area contributed by atoms with Crippen molar-refractivity contribution in [2.45, 2.75) is 27.2 Å². The Morgan fingerprint density at radius 3 is 2.63 bits per heavy atom. The normalized spacial score (nSPS) is 10.8. The number of nitrogens with one attached hydrogen (secondary N) is 2. The first kappa shape index (κ1) is 23.8. The van der Waals surface area contributed by atoms with Crippen molar-refractivity contribution in [1.82, 2.24) is 10.3 Å². The third-order valence-electron chi connectivity index (χ3n) is 5.54. The second-order valence-corrected chi connectivity index (χ2v) is 8.44. The van der Waals surface area contributed by atoms with Crippen LogP contribution in [0.3, 0.4) is 0 Å². The maximum absolute atomic E-state index is 12.6. The van der Waals surface area contributed by atoms with Gasteiger partial charge in [-0.2, -0.15) is 0 Å². The molecule has 0 unspecified atom stereocenters. The minimum absolute atomic E-state index is 0.0136. The molecule has 178 valence electrons. The van der Waals surface area contributed by atoms with Crippen LogP contribution in [0.2, 0.25) is 0 Å². The zero-order valence-electron chi connectivity index (χ0n) is 19.2. The van der Waals surface area contributed by atoms with Crippen LogP contribution in [0.4, 0.5) is 11.4 Å². The minimum Gasteiger partial charge on any atom is -0.507 e. The average molecular weight is 491 g/mol. The lowest BCUT2D eigenvalue weighted by atomic mass is 10.1. The van der Waals surface area contributed by atoms with E-state index < -0.39 is 10.8 Å². The number of benzene rings is 3. The number of carbonyl (C=O) groups is 1. The van der Waals surface area contributed by atoms with E-state index in [-0.39, 0.29) is 28.0 Å². The number of carbonyl (C=O) groups excluding carboxylic acids is 1. The molecule has 3 N–H and O–H groups in total. The van der Waals surface area contributed by atoms with Gasteiger partial charge in [0, 0.05) is 22.9 Å². The van der Waals surface area contributed by atoms with E-state index in [0.29, 0.717) is 33.5 Å². The fourth-order valence-electron chi connectivity index (χ4n) is 3.61. The summed E-state index contributed by atoms with van der Waals surface area (Å²) in [5.41, 5.74) is 4.21. The number of nitro benzene ring substituents is 1. The van der Waals surface area contributed by atoms with Crippen LogP contribution in [0, 0.1) is 24.0 Å². The van der Waals surface area contributed by atoms with Gasteiger partial charge in [-0.1, -0.05) is 19.1 Å². The highest BCUT2D eigenvalue weighted by atomic mass is 32.1. The molecule has 0 radical (unpaired) electrons. The monoisotopic (exact) mass is 490 g/mol. The fraction of sp³-hybridized carbons (Fsp3) is 0.160. The number of nitrogens with zero attached hydrogens (tertiary/aromatic N) is 2. The van der Waals surface area contributed by atoms with E-state index in [4.69, 9.17) is 16.6 Å². The highest BCUT2D eigenvalue weighted by molar-refractivity contribution is 7.80. The lowest BCUT2D eigenvalue weighted by Crippen LogP contribution is -2.34. The molecule has 0 spiro atoms. The maximum Gasteiger partial charge on any atom is 0.273 e. The third kappa shape index (κ3) is 4.97. The smallest absolute Gasteiger partial charge is 0.273 e. The number of hydrogen-bond donors (Lipinski definition) is 3. The summed E-state index contributed by atoms with van der Waals surface area (Å²) < 4.78 is 5.86. The fourth-order valence-corrected chi connectivity index (χ4v) is 3.82. The van der Waals surface area contributed by atoms with Crippen LogP contribution in [0.25, 0.3) is 22.6 Å². The number of rotatable bonds is 5. The summed E-state index contributed by atoms with van der Waals surface area (Å²) in [5, 5.41) is 27.2. The standard InChI is InChI=1S/C25H22N4O5S/c1-4-15-6-8-21-19(10-15)27-24(34-21)18-12-17(9-14(3)22(18)30)26-25(35)28-23(31)16-7-5-13(2)20(11-16)29(32)33/h5-12,30H,4H2,1-3H3,(H2,26,28,31,35). The van der Waals surface area contributed by atoms with E-state index in [9.17, 15) is 20.0 Å². The molecule has 0 aliphatic heterocycles. The predicted molar refractivity (Wildman–Crippen MR) is 137 cm³/mol. The number of aromatic nitrogens is 1. The molecule has 0 fully saturated rings. The lowest BCUT2D eigenvalue weighted by Gasteiger charge is -2.13. The maximum atomic E-state index is 12.6. The van der Waals surface area contributed by atoms with E-state index in [1.165, 1.54) is 18.2 Å². The molecule has 0 atom stereocenters. The Morgan fingerprint density at radius 1 is 1.14 bits per heavy atom. The highest BCUT2D eigenvalue weighted by Gasteiger charge is 2.18. The van der Waals surface area contributed by atoms with Gasteiger partial charge in [0.1, 0.15) is 11.3 Å². The Balaban J connectivity index is 1.56. The molecular weight excluding hydrogens is 468 g/mol. The Kier molecular flexibility index (Phi) is 6.48. The van der Waals surface area contributed by atoms with Crippen LogP contribution in [0.1, 0.15) is 34.0 Å². The number of hydrogen-bond acceptors (Lipinski definition) is 7. The van der Waals surface area contributed by atoms with Gasteiger partial charge in [-0.3, -0.25) is 20.2 Å².